The number of Topliss-reactive ketones (excluding diaryl/α,β-unsaturated/α-hetero) is 1. The topological polar surface area (TPSA) is 26.3 Å². The van der Waals surface area contributed by atoms with E-state index in [0.717, 1.165) is 15.6 Å². The number of rotatable bonds is 4. The van der Waals surface area contributed by atoms with Gasteiger partial charge in [0.05, 0.1) is 9.21 Å². The molecule has 0 atom stereocenters. The lowest BCUT2D eigenvalue weighted by atomic mass is 10.1. The Bertz CT molecular complexity index is 599. The lowest BCUT2D eigenvalue weighted by Crippen LogP contribution is -2.10. The average Bonchev–Trinajstić information content (AvgIpc) is 2.79. The molecule has 0 saturated carbocycles. The smallest absolute Gasteiger partial charge is 0.210 e. The predicted molar refractivity (Wildman–Crippen MR) is 82.8 cm³/mol. The number of thiophene rings is 1. The molecule has 0 unspecified atom stereocenters. The van der Waals surface area contributed by atoms with Crippen molar-refractivity contribution in [3.05, 3.63) is 49.1 Å². The molecule has 100 valence electrons. The molecule has 0 N–H and O–H groups in total. The van der Waals surface area contributed by atoms with Crippen LogP contribution in [0.25, 0.3) is 0 Å². The highest BCUT2D eigenvalue weighted by molar-refractivity contribution is 9.10. The number of carbonyl (C=O) groups is 1. The summed E-state index contributed by atoms with van der Waals surface area (Å²) in [6.07, 6.45) is 0. The van der Waals surface area contributed by atoms with Crippen LogP contribution in [0.2, 0.25) is 4.34 Å². The van der Waals surface area contributed by atoms with E-state index in [4.69, 9.17) is 16.3 Å². The maximum absolute atomic E-state index is 11.9. The molecular formula is C14H12BrClO2S. The van der Waals surface area contributed by atoms with Gasteiger partial charge in [-0.3, -0.25) is 4.79 Å². The van der Waals surface area contributed by atoms with Crippen LogP contribution in [0.15, 0.2) is 28.7 Å². The largest absolute Gasteiger partial charge is 0.485 e. The highest BCUT2D eigenvalue weighted by atomic mass is 79.9. The number of hydrogen-bond donors (Lipinski definition) is 0. The van der Waals surface area contributed by atoms with E-state index in [0.29, 0.717) is 15.0 Å². The number of benzene rings is 1. The van der Waals surface area contributed by atoms with Crippen LogP contribution < -0.4 is 4.74 Å². The fourth-order valence-corrected chi connectivity index (χ4v) is 2.87. The number of aryl methyl sites for hydroxylation is 2. The van der Waals surface area contributed by atoms with Crippen LogP contribution >= 0.6 is 38.9 Å². The summed E-state index contributed by atoms with van der Waals surface area (Å²) in [4.78, 5) is 12.5. The third-order valence-electron chi connectivity index (χ3n) is 2.63. The van der Waals surface area contributed by atoms with Crippen LogP contribution in [0.3, 0.4) is 0 Å². The summed E-state index contributed by atoms with van der Waals surface area (Å²) in [7, 11) is 0. The Kier molecular flexibility index (Phi) is 4.66. The van der Waals surface area contributed by atoms with Crippen molar-refractivity contribution in [3.8, 4) is 5.75 Å². The van der Waals surface area contributed by atoms with Gasteiger partial charge in [-0.05, 0) is 49.2 Å². The molecule has 2 aromatic rings. The highest BCUT2D eigenvalue weighted by Crippen LogP contribution is 2.27. The second-order valence-electron chi connectivity index (χ2n) is 4.19. The van der Waals surface area contributed by atoms with Crippen LogP contribution in [-0.2, 0) is 0 Å². The summed E-state index contributed by atoms with van der Waals surface area (Å²) >= 11 is 10.6. The molecule has 2 rings (SSSR count). The molecule has 0 aliphatic carbocycles. The SMILES string of the molecule is Cc1cc(OCC(=O)c2ccc(Cl)s2)cc(C)c1Br. The van der Waals surface area contributed by atoms with E-state index < -0.39 is 0 Å². The standard InChI is InChI=1S/C14H12BrClO2S/c1-8-5-10(6-9(2)14(8)15)18-7-11(17)12-3-4-13(16)19-12/h3-6H,7H2,1-2H3. The van der Waals surface area contributed by atoms with E-state index in [2.05, 4.69) is 15.9 Å². The van der Waals surface area contributed by atoms with E-state index >= 15 is 0 Å². The van der Waals surface area contributed by atoms with Gasteiger partial charge < -0.3 is 4.74 Å². The molecule has 0 aliphatic rings. The molecule has 0 radical (unpaired) electrons. The van der Waals surface area contributed by atoms with Gasteiger partial charge in [-0.1, -0.05) is 27.5 Å². The molecule has 0 bridgehead atoms. The summed E-state index contributed by atoms with van der Waals surface area (Å²) in [5, 5.41) is 0. The Hall–Kier alpha value is -0.840. The fourth-order valence-electron chi connectivity index (χ4n) is 1.67. The lowest BCUT2D eigenvalue weighted by Gasteiger charge is -2.09. The summed E-state index contributed by atoms with van der Waals surface area (Å²) in [6.45, 7) is 4.01. The molecule has 0 amide bonds. The van der Waals surface area contributed by atoms with E-state index in [-0.39, 0.29) is 12.4 Å². The summed E-state index contributed by atoms with van der Waals surface area (Å²) in [6, 6.07) is 7.25. The highest BCUT2D eigenvalue weighted by Gasteiger charge is 2.10. The van der Waals surface area contributed by atoms with Crippen molar-refractivity contribution in [2.24, 2.45) is 0 Å². The number of ether oxygens (including phenoxy) is 1. The quantitative estimate of drug-likeness (QED) is 0.715. The minimum atomic E-state index is -0.0601. The first-order valence-corrected chi connectivity index (χ1v) is 7.64. The molecule has 0 spiro atoms. The van der Waals surface area contributed by atoms with Gasteiger partial charge in [0.2, 0.25) is 5.78 Å². The minimum absolute atomic E-state index is 0.0252. The predicted octanol–water partition coefficient (Wildman–Crippen LogP) is 5.04. The molecule has 5 heteroatoms. The zero-order valence-electron chi connectivity index (χ0n) is 10.5. The van der Waals surface area contributed by atoms with Crippen molar-refractivity contribution in [1.29, 1.82) is 0 Å². The maximum atomic E-state index is 11.9. The van der Waals surface area contributed by atoms with Crippen molar-refractivity contribution in [1.82, 2.24) is 0 Å². The average molecular weight is 360 g/mol. The van der Waals surface area contributed by atoms with E-state index in [1.807, 2.05) is 26.0 Å². The molecule has 0 aliphatic heterocycles. The first-order chi connectivity index (χ1) is 8.97. The van der Waals surface area contributed by atoms with Gasteiger partial charge in [0.25, 0.3) is 0 Å². The maximum Gasteiger partial charge on any atom is 0.210 e. The lowest BCUT2D eigenvalue weighted by molar-refractivity contribution is 0.0925. The van der Waals surface area contributed by atoms with Gasteiger partial charge in [-0.25, -0.2) is 0 Å². The van der Waals surface area contributed by atoms with E-state index in [9.17, 15) is 4.79 Å². The Morgan fingerprint density at radius 3 is 2.47 bits per heavy atom. The second-order valence-corrected chi connectivity index (χ2v) is 6.69. The monoisotopic (exact) mass is 358 g/mol. The van der Waals surface area contributed by atoms with Crippen LogP contribution in [-0.4, -0.2) is 12.4 Å². The zero-order valence-corrected chi connectivity index (χ0v) is 13.7. The summed E-state index contributed by atoms with van der Waals surface area (Å²) < 4.78 is 7.22. The minimum Gasteiger partial charge on any atom is -0.485 e. The first-order valence-electron chi connectivity index (χ1n) is 5.65. The van der Waals surface area contributed by atoms with Crippen molar-refractivity contribution < 1.29 is 9.53 Å². The van der Waals surface area contributed by atoms with E-state index in [1.165, 1.54) is 11.3 Å². The zero-order chi connectivity index (χ0) is 14.0. The van der Waals surface area contributed by atoms with Gasteiger partial charge in [0, 0.05) is 4.47 Å². The Labute approximate surface area is 129 Å². The molecule has 1 aromatic carbocycles. The number of ketones is 1. The summed E-state index contributed by atoms with van der Waals surface area (Å²) in [5.41, 5.74) is 2.17. The van der Waals surface area contributed by atoms with Crippen molar-refractivity contribution in [3.63, 3.8) is 0 Å². The van der Waals surface area contributed by atoms with Crippen LogP contribution in [0.4, 0.5) is 0 Å². The fraction of sp³-hybridized carbons (Fsp3) is 0.214. The van der Waals surface area contributed by atoms with Crippen molar-refractivity contribution in [2.45, 2.75) is 13.8 Å². The molecule has 19 heavy (non-hydrogen) atoms. The third-order valence-corrected chi connectivity index (χ3v) is 5.15. The molecule has 1 heterocycles. The Balaban J connectivity index is 2.05. The molecule has 2 nitrogen and oxygen atoms in total. The van der Waals surface area contributed by atoms with Gasteiger partial charge in [-0.2, -0.15) is 0 Å². The van der Waals surface area contributed by atoms with Gasteiger partial charge in [0.15, 0.2) is 6.61 Å². The summed E-state index contributed by atoms with van der Waals surface area (Å²) in [5.74, 6) is 0.643. The number of carbonyl (C=O) groups excluding carboxylic acids is 1. The van der Waals surface area contributed by atoms with Gasteiger partial charge in [-0.15, -0.1) is 11.3 Å². The van der Waals surface area contributed by atoms with Crippen LogP contribution in [0, 0.1) is 13.8 Å². The number of hydrogen-bond acceptors (Lipinski definition) is 3. The molecule has 0 fully saturated rings. The normalized spacial score (nSPS) is 10.5. The van der Waals surface area contributed by atoms with Gasteiger partial charge >= 0.3 is 0 Å². The molecular weight excluding hydrogens is 348 g/mol. The Morgan fingerprint density at radius 2 is 1.95 bits per heavy atom. The van der Waals surface area contributed by atoms with Crippen LogP contribution in [0.5, 0.6) is 5.75 Å². The third kappa shape index (κ3) is 3.59. The number of halogens is 2. The van der Waals surface area contributed by atoms with Gasteiger partial charge in [0.1, 0.15) is 5.75 Å². The Morgan fingerprint density at radius 1 is 1.32 bits per heavy atom. The molecule has 0 saturated heterocycles. The van der Waals surface area contributed by atoms with E-state index in [1.54, 1.807) is 12.1 Å². The first kappa shape index (κ1) is 14.6. The van der Waals surface area contributed by atoms with Crippen LogP contribution in [0.1, 0.15) is 20.8 Å². The second kappa shape index (κ2) is 6.07. The van der Waals surface area contributed by atoms with Crippen molar-refractivity contribution >= 4 is 44.7 Å². The molecule has 1 aromatic heterocycles. The van der Waals surface area contributed by atoms with Crippen molar-refractivity contribution in [2.75, 3.05) is 6.61 Å².